The molecule has 39 heavy (non-hydrogen) atoms. The number of hydrogen-bond donors (Lipinski definition) is 0. The molecule has 210 valence electrons. The molecule has 2 aromatic carbocycles. The summed E-state index contributed by atoms with van der Waals surface area (Å²) < 4.78 is 12.1. The van der Waals surface area contributed by atoms with Crippen LogP contribution in [0.15, 0.2) is 72.8 Å². The molecule has 0 bridgehead atoms. The highest BCUT2D eigenvalue weighted by atomic mass is 16.6. The molecule has 1 aliphatic heterocycles. The van der Waals surface area contributed by atoms with E-state index < -0.39 is 0 Å². The fourth-order valence-electron chi connectivity index (χ4n) is 6.36. The van der Waals surface area contributed by atoms with Gasteiger partial charge in [0.25, 0.3) is 0 Å². The summed E-state index contributed by atoms with van der Waals surface area (Å²) in [6, 6.07) is 19.9. The van der Waals surface area contributed by atoms with Gasteiger partial charge in [0, 0.05) is 12.3 Å². The Hall–Kier alpha value is -2.92. The number of hydrogen-bond acceptors (Lipinski definition) is 4. The molecule has 0 N–H and O–H groups in total. The molecule has 5 nitrogen and oxygen atoms in total. The van der Waals surface area contributed by atoms with Gasteiger partial charge in [-0.25, -0.2) is 4.79 Å². The van der Waals surface area contributed by atoms with E-state index in [0.29, 0.717) is 19.6 Å². The normalized spacial score (nSPS) is 22.9. The molecule has 2 fully saturated rings. The van der Waals surface area contributed by atoms with Crippen LogP contribution >= 0.6 is 0 Å². The van der Waals surface area contributed by atoms with Gasteiger partial charge in [0.1, 0.15) is 6.61 Å². The van der Waals surface area contributed by atoms with E-state index in [0.717, 1.165) is 62.5 Å². The lowest BCUT2D eigenvalue weighted by molar-refractivity contribution is -0.114. The lowest BCUT2D eigenvalue weighted by Gasteiger charge is -2.47. The number of likely N-dealkylation sites (tertiary alicyclic amines) is 1. The number of unbranched alkanes of at least 4 members (excludes halogenated alkanes) is 3. The first kappa shape index (κ1) is 29.1. The zero-order valence-electron chi connectivity index (χ0n) is 23.6. The van der Waals surface area contributed by atoms with Crippen LogP contribution < -0.4 is 0 Å². The van der Waals surface area contributed by atoms with Crippen molar-refractivity contribution in [2.45, 2.75) is 102 Å². The van der Waals surface area contributed by atoms with E-state index in [1.54, 1.807) is 6.08 Å². The van der Waals surface area contributed by atoms with Crippen LogP contribution in [0, 0.1) is 5.92 Å². The van der Waals surface area contributed by atoms with Crippen molar-refractivity contribution in [1.82, 2.24) is 4.90 Å². The number of carbonyl (C=O) groups excluding carboxylic acids is 2. The van der Waals surface area contributed by atoms with Crippen molar-refractivity contribution in [1.29, 1.82) is 0 Å². The van der Waals surface area contributed by atoms with Crippen LogP contribution in [0.3, 0.4) is 0 Å². The summed E-state index contributed by atoms with van der Waals surface area (Å²) in [7, 11) is 0. The van der Waals surface area contributed by atoms with E-state index in [2.05, 4.69) is 25.1 Å². The molecule has 0 radical (unpaired) electrons. The Morgan fingerprint density at radius 3 is 2.33 bits per heavy atom. The first-order valence-electron chi connectivity index (χ1n) is 14.9. The van der Waals surface area contributed by atoms with Crippen LogP contribution in [0.4, 0.5) is 4.79 Å². The van der Waals surface area contributed by atoms with Crippen molar-refractivity contribution >= 4 is 11.9 Å². The van der Waals surface area contributed by atoms with Crippen molar-refractivity contribution in [2.75, 3.05) is 6.61 Å². The summed E-state index contributed by atoms with van der Waals surface area (Å²) in [5.41, 5.74) is 1.77. The van der Waals surface area contributed by atoms with Crippen LogP contribution in [0.25, 0.3) is 0 Å². The molecule has 0 unspecified atom stereocenters. The van der Waals surface area contributed by atoms with Crippen molar-refractivity contribution in [2.24, 2.45) is 5.92 Å². The summed E-state index contributed by atoms with van der Waals surface area (Å²) in [5, 5.41) is 0. The summed E-state index contributed by atoms with van der Waals surface area (Å²) in [5.74, 6) is 0.347. The molecule has 2 aliphatic rings. The Kier molecular flexibility index (Phi) is 11.2. The van der Waals surface area contributed by atoms with Gasteiger partial charge in [-0.05, 0) is 49.3 Å². The molecule has 1 saturated carbocycles. The molecule has 2 aromatic rings. The minimum absolute atomic E-state index is 0.0456. The molecule has 4 rings (SSSR count). The summed E-state index contributed by atoms with van der Waals surface area (Å²) in [6.07, 6.45) is 14.6. The molecule has 1 aliphatic carbocycles. The number of carbonyl (C=O) groups is 2. The molecule has 1 heterocycles. The minimum Gasteiger partial charge on any atom is -0.445 e. The first-order valence-corrected chi connectivity index (χ1v) is 14.9. The van der Waals surface area contributed by atoms with Crippen LogP contribution in [0.1, 0.15) is 88.7 Å². The molecular formula is C34H45NO4. The third-order valence-corrected chi connectivity index (χ3v) is 8.44. The van der Waals surface area contributed by atoms with Crippen molar-refractivity contribution < 1.29 is 19.1 Å². The largest absolute Gasteiger partial charge is 0.445 e. The van der Waals surface area contributed by atoms with Gasteiger partial charge in [-0.1, -0.05) is 106 Å². The van der Waals surface area contributed by atoms with E-state index in [-0.39, 0.29) is 36.0 Å². The number of rotatable bonds is 13. The number of nitrogens with zero attached hydrogens (tertiary/aromatic N) is 1. The van der Waals surface area contributed by atoms with Crippen LogP contribution in [-0.4, -0.2) is 35.0 Å². The van der Waals surface area contributed by atoms with Crippen LogP contribution in [0.2, 0.25) is 0 Å². The van der Waals surface area contributed by atoms with E-state index in [1.165, 1.54) is 12.8 Å². The minimum atomic E-state index is -0.328. The maximum absolute atomic E-state index is 13.8. The molecule has 1 amide bonds. The average Bonchev–Trinajstić information content (AvgIpc) is 3.33. The van der Waals surface area contributed by atoms with Gasteiger partial charge in [0.2, 0.25) is 0 Å². The average molecular weight is 532 g/mol. The van der Waals surface area contributed by atoms with Gasteiger partial charge in [-0.2, -0.15) is 0 Å². The Morgan fingerprint density at radius 1 is 0.897 bits per heavy atom. The highest BCUT2D eigenvalue weighted by molar-refractivity contribution is 5.89. The third-order valence-electron chi connectivity index (χ3n) is 8.44. The smallest absolute Gasteiger partial charge is 0.410 e. The molecule has 1 saturated heterocycles. The highest BCUT2D eigenvalue weighted by Gasteiger charge is 2.53. The van der Waals surface area contributed by atoms with E-state index in [4.69, 9.17) is 9.47 Å². The SMILES string of the molecule is CCCCCCC(=O)/C=C/[C@@H]1CCCC[C@@]12CC[C@@H](COCc1ccccc1)N2C(=O)OCc1ccccc1. The monoisotopic (exact) mass is 531 g/mol. The third kappa shape index (κ3) is 8.04. The van der Waals surface area contributed by atoms with Gasteiger partial charge in [-0.15, -0.1) is 0 Å². The predicted molar refractivity (Wildman–Crippen MR) is 155 cm³/mol. The number of allylic oxidation sites excluding steroid dienone is 1. The van der Waals surface area contributed by atoms with Crippen molar-refractivity contribution in [3.8, 4) is 0 Å². The zero-order valence-corrected chi connectivity index (χ0v) is 23.6. The van der Waals surface area contributed by atoms with E-state index in [1.807, 2.05) is 53.4 Å². The quantitative estimate of drug-likeness (QED) is 0.194. The van der Waals surface area contributed by atoms with Crippen LogP contribution in [-0.2, 0) is 27.5 Å². The summed E-state index contributed by atoms with van der Waals surface area (Å²) >= 11 is 0. The Balaban J connectivity index is 1.48. The van der Waals surface area contributed by atoms with E-state index >= 15 is 0 Å². The van der Waals surface area contributed by atoms with Gasteiger partial charge in [0.05, 0.1) is 24.8 Å². The maximum Gasteiger partial charge on any atom is 0.410 e. The van der Waals surface area contributed by atoms with Gasteiger partial charge in [0.15, 0.2) is 5.78 Å². The Bertz CT molecular complexity index is 1050. The first-order chi connectivity index (χ1) is 19.1. The van der Waals surface area contributed by atoms with Gasteiger partial charge in [-0.3, -0.25) is 9.69 Å². The Labute approximate surface area is 234 Å². The second-order valence-corrected chi connectivity index (χ2v) is 11.2. The molecule has 3 atom stereocenters. The van der Waals surface area contributed by atoms with E-state index in [9.17, 15) is 9.59 Å². The molecule has 5 heteroatoms. The fourth-order valence-corrected chi connectivity index (χ4v) is 6.36. The second-order valence-electron chi connectivity index (χ2n) is 11.2. The summed E-state index contributed by atoms with van der Waals surface area (Å²) in [6.45, 7) is 3.43. The van der Waals surface area contributed by atoms with Crippen LogP contribution in [0.5, 0.6) is 0 Å². The Morgan fingerprint density at radius 2 is 1.62 bits per heavy atom. The number of amides is 1. The number of benzene rings is 2. The van der Waals surface area contributed by atoms with Gasteiger partial charge >= 0.3 is 6.09 Å². The molecule has 1 spiro atoms. The highest BCUT2D eigenvalue weighted by Crippen LogP contribution is 2.49. The predicted octanol–water partition coefficient (Wildman–Crippen LogP) is 8.03. The zero-order chi connectivity index (χ0) is 27.3. The number of ether oxygens (including phenoxy) is 2. The number of ketones is 1. The lowest BCUT2D eigenvalue weighted by Crippen LogP contribution is -2.56. The topological polar surface area (TPSA) is 55.8 Å². The van der Waals surface area contributed by atoms with Gasteiger partial charge < -0.3 is 9.47 Å². The van der Waals surface area contributed by atoms with Crippen molar-refractivity contribution in [3.05, 3.63) is 83.9 Å². The maximum atomic E-state index is 13.8. The van der Waals surface area contributed by atoms with Crippen molar-refractivity contribution in [3.63, 3.8) is 0 Å². The molecular weight excluding hydrogens is 486 g/mol. The molecule has 0 aromatic heterocycles. The lowest BCUT2D eigenvalue weighted by atomic mass is 9.71. The second kappa shape index (κ2) is 15.0. The summed E-state index contributed by atoms with van der Waals surface area (Å²) in [4.78, 5) is 28.4. The fraction of sp³-hybridized carbons (Fsp3) is 0.529. The standard InChI is InChI=1S/C34H45NO4/c1-2-3-4-11-19-32(36)21-20-30-18-12-13-23-34(30)24-22-31(27-38-25-28-14-7-5-8-15-28)35(34)33(37)39-26-29-16-9-6-10-17-29/h5-10,14-17,20-21,30-31H,2-4,11-13,18-19,22-27H2,1H3/b21-20+/t30-,31-,34+/m0/s1.